The van der Waals surface area contributed by atoms with Crippen LogP contribution >= 0.6 is 0 Å². The molecule has 3 heteroatoms. The topological polar surface area (TPSA) is 23.5 Å². The molecular formula is C16H18FNO. The number of benzene rings is 2. The quantitative estimate of drug-likeness (QED) is 0.906. The van der Waals surface area contributed by atoms with Gasteiger partial charge in [-0.3, -0.25) is 0 Å². The molecule has 0 bridgehead atoms. The molecule has 2 rings (SSSR count). The minimum absolute atomic E-state index is 0.159. The minimum Gasteiger partial charge on any atom is -0.392 e. The maximum absolute atomic E-state index is 13.5. The van der Waals surface area contributed by atoms with Gasteiger partial charge in [-0.1, -0.05) is 19.1 Å². The molecular weight excluding hydrogens is 241 g/mol. The van der Waals surface area contributed by atoms with Crippen molar-refractivity contribution in [3.8, 4) is 0 Å². The van der Waals surface area contributed by atoms with Crippen molar-refractivity contribution in [3.05, 3.63) is 59.4 Å². The minimum atomic E-state index is -0.335. The Bertz CT molecular complexity index is 551. The molecule has 0 fully saturated rings. The third-order valence-electron chi connectivity index (χ3n) is 3.24. The van der Waals surface area contributed by atoms with E-state index < -0.39 is 0 Å². The predicted octanol–water partition coefficient (Wildman–Crippen LogP) is 3.65. The van der Waals surface area contributed by atoms with Crippen molar-refractivity contribution in [1.82, 2.24) is 0 Å². The highest BCUT2D eigenvalue weighted by molar-refractivity contribution is 5.63. The molecule has 0 spiro atoms. The number of anilines is 2. The van der Waals surface area contributed by atoms with E-state index in [-0.39, 0.29) is 12.4 Å². The number of aryl methyl sites for hydroxylation is 1. The summed E-state index contributed by atoms with van der Waals surface area (Å²) in [7, 11) is 1.89. The maximum Gasteiger partial charge on any atom is 0.125 e. The maximum atomic E-state index is 13.5. The second-order valence-electron chi connectivity index (χ2n) is 4.55. The summed E-state index contributed by atoms with van der Waals surface area (Å²) in [6.07, 6.45) is 0.999. The van der Waals surface area contributed by atoms with Crippen molar-refractivity contribution in [2.24, 2.45) is 0 Å². The van der Waals surface area contributed by atoms with Gasteiger partial charge >= 0.3 is 0 Å². The SMILES string of the molecule is CCc1ccc(N(C)c2cc(F)cc(CO)c2)cc1. The summed E-state index contributed by atoms with van der Waals surface area (Å²) in [4.78, 5) is 1.90. The molecule has 0 amide bonds. The molecule has 1 N–H and O–H groups in total. The van der Waals surface area contributed by atoms with Crippen molar-refractivity contribution >= 4 is 11.4 Å². The first kappa shape index (κ1) is 13.6. The van der Waals surface area contributed by atoms with Gasteiger partial charge < -0.3 is 10.0 Å². The van der Waals surface area contributed by atoms with Crippen LogP contribution in [0.15, 0.2) is 42.5 Å². The molecule has 2 aromatic carbocycles. The van der Waals surface area contributed by atoms with Crippen LogP contribution in [0.2, 0.25) is 0 Å². The fraction of sp³-hybridized carbons (Fsp3) is 0.250. The van der Waals surface area contributed by atoms with E-state index in [0.29, 0.717) is 5.56 Å². The standard InChI is InChI=1S/C16H18FNO/c1-3-12-4-6-15(7-5-12)18(2)16-9-13(11-19)8-14(17)10-16/h4-10,19H,3,11H2,1-2H3. The van der Waals surface area contributed by atoms with E-state index in [4.69, 9.17) is 5.11 Å². The Morgan fingerprint density at radius 2 is 1.68 bits per heavy atom. The number of halogens is 1. The third-order valence-corrected chi connectivity index (χ3v) is 3.24. The van der Waals surface area contributed by atoms with E-state index in [0.717, 1.165) is 17.8 Å². The van der Waals surface area contributed by atoms with Gasteiger partial charge in [0.15, 0.2) is 0 Å². The average molecular weight is 259 g/mol. The monoisotopic (exact) mass is 259 g/mol. The number of aliphatic hydroxyl groups is 1. The van der Waals surface area contributed by atoms with Crippen LogP contribution in [0.4, 0.5) is 15.8 Å². The third kappa shape index (κ3) is 3.12. The van der Waals surface area contributed by atoms with Crippen LogP contribution in [0.3, 0.4) is 0 Å². The average Bonchev–Trinajstić information content (AvgIpc) is 2.46. The lowest BCUT2D eigenvalue weighted by Crippen LogP contribution is -2.10. The van der Waals surface area contributed by atoms with Crippen LogP contribution in [0, 0.1) is 5.82 Å². The smallest absolute Gasteiger partial charge is 0.125 e. The molecule has 0 heterocycles. The Morgan fingerprint density at radius 3 is 2.26 bits per heavy atom. The van der Waals surface area contributed by atoms with Gasteiger partial charge in [0.2, 0.25) is 0 Å². The summed E-state index contributed by atoms with van der Waals surface area (Å²) in [6, 6.07) is 12.8. The summed E-state index contributed by atoms with van der Waals surface area (Å²) in [5, 5.41) is 9.12. The lowest BCUT2D eigenvalue weighted by molar-refractivity contribution is 0.281. The van der Waals surface area contributed by atoms with Crippen molar-refractivity contribution in [1.29, 1.82) is 0 Å². The zero-order valence-corrected chi connectivity index (χ0v) is 11.2. The van der Waals surface area contributed by atoms with Crippen LogP contribution in [-0.4, -0.2) is 12.2 Å². The number of aliphatic hydroxyl groups excluding tert-OH is 1. The first-order chi connectivity index (χ1) is 9.13. The number of hydrogen-bond acceptors (Lipinski definition) is 2. The van der Waals surface area contributed by atoms with Gasteiger partial charge in [0.05, 0.1) is 6.61 Å². The summed E-state index contributed by atoms with van der Waals surface area (Å²) in [6.45, 7) is 1.95. The summed E-state index contributed by atoms with van der Waals surface area (Å²) in [5.74, 6) is -0.335. The Labute approximate surface area is 113 Å². The number of rotatable bonds is 4. The molecule has 100 valence electrons. The molecule has 0 atom stereocenters. The molecule has 0 aliphatic carbocycles. The number of nitrogens with zero attached hydrogens (tertiary/aromatic N) is 1. The van der Waals surface area contributed by atoms with Gasteiger partial charge in [0.1, 0.15) is 5.82 Å². The predicted molar refractivity (Wildman–Crippen MR) is 76.2 cm³/mol. The zero-order chi connectivity index (χ0) is 13.8. The fourth-order valence-corrected chi connectivity index (χ4v) is 2.02. The largest absolute Gasteiger partial charge is 0.392 e. The molecule has 2 nitrogen and oxygen atoms in total. The van der Waals surface area contributed by atoms with E-state index in [2.05, 4.69) is 19.1 Å². The van der Waals surface area contributed by atoms with Gasteiger partial charge in [-0.05, 0) is 47.9 Å². The Morgan fingerprint density at radius 1 is 1.00 bits per heavy atom. The highest BCUT2D eigenvalue weighted by Gasteiger charge is 2.07. The van der Waals surface area contributed by atoms with Gasteiger partial charge in [-0.15, -0.1) is 0 Å². The van der Waals surface area contributed by atoms with Crippen molar-refractivity contribution in [3.63, 3.8) is 0 Å². The van der Waals surface area contributed by atoms with Gasteiger partial charge in [0, 0.05) is 18.4 Å². The molecule has 0 unspecified atom stereocenters. The first-order valence-corrected chi connectivity index (χ1v) is 6.37. The summed E-state index contributed by atoms with van der Waals surface area (Å²) < 4.78 is 13.5. The summed E-state index contributed by atoms with van der Waals surface area (Å²) >= 11 is 0. The first-order valence-electron chi connectivity index (χ1n) is 6.37. The lowest BCUT2D eigenvalue weighted by atomic mass is 10.1. The Hall–Kier alpha value is -1.87. The Kier molecular flexibility index (Phi) is 4.17. The second-order valence-corrected chi connectivity index (χ2v) is 4.55. The fourth-order valence-electron chi connectivity index (χ4n) is 2.02. The van der Waals surface area contributed by atoms with Crippen molar-refractivity contribution in [2.45, 2.75) is 20.0 Å². The van der Waals surface area contributed by atoms with E-state index in [1.165, 1.54) is 17.7 Å². The second kappa shape index (κ2) is 5.85. The van der Waals surface area contributed by atoms with E-state index >= 15 is 0 Å². The molecule has 19 heavy (non-hydrogen) atoms. The van der Waals surface area contributed by atoms with Crippen LogP contribution in [0.1, 0.15) is 18.1 Å². The van der Waals surface area contributed by atoms with Crippen LogP contribution in [-0.2, 0) is 13.0 Å². The highest BCUT2D eigenvalue weighted by Crippen LogP contribution is 2.25. The Balaban J connectivity index is 2.31. The van der Waals surface area contributed by atoms with Crippen LogP contribution < -0.4 is 4.90 Å². The zero-order valence-electron chi connectivity index (χ0n) is 11.2. The van der Waals surface area contributed by atoms with Crippen LogP contribution in [0.5, 0.6) is 0 Å². The van der Waals surface area contributed by atoms with Gasteiger partial charge in [0.25, 0.3) is 0 Å². The molecule has 0 aliphatic rings. The molecule has 0 aromatic heterocycles. The molecule has 0 saturated heterocycles. The molecule has 0 radical (unpaired) electrons. The van der Waals surface area contributed by atoms with E-state index in [9.17, 15) is 4.39 Å². The molecule has 0 aliphatic heterocycles. The normalized spacial score (nSPS) is 10.5. The molecule has 2 aromatic rings. The lowest BCUT2D eigenvalue weighted by Gasteiger charge is -2.20. The van der Waals surface area contributed by atoms with Crippen LogP contribution in [0.25, 0.3) is 0 Å². The van der Waals surface area contributed by atoms with Crippen molar-refractivity contribution < 1.29 is 9.50 Å². The van der Waals surface area contributed by atoms with Gasteiger partial charge in [-0.25, -0.2) is 4.39 Å². The van der Waals surface area contributed by atoms with E-state index in [1.54, 1.807) is 6.07 Å². The summed E-state index contributed by atoms with van der Waals surface area (Å²) in [5.41, 5.74) is 3.57. The van der Waals surface area contributed by atoms with Crippen molar-refractivity contribution in [2.75, 3.05) is 11.9 Å². The highest BCUT2D eigenvalue weighted by atomic mass is 19.1. The van der Waals surface area contributed by atoms with Gasteiger partial charge in [-0.2, -0.15) is 0 Å². The van der Waals surface area contributed by atoms with E-state index in [1.807, 2.05) is 24.1 Å². The number of hydrogen-bond donors (Lipinski definition) is 1. The molecule has 0 saturated carbocycles.